The molecule has 0 aliphatic carbocycles. The van der Waals surface area contributed by atoms with Gasteiger partial charge in [-0.3, -0.25) is 0 Å². The summed E-state index contributed by atoms with van der Waals surface area (Å²) >= 11 is 1.76. The van der Waals surface area contributed by atoms with Crippen LogP contribution in [-0.4, -0.2) is 10.5 Å². The molecule has 0 unspecified atom stereocenters. The predicted octanol–water partition coefficient (Wildman–Crippen LogP) is 4.24. The Morgan fingerprint density at radius 3 is 2.74 bits per heavy atom. The van der Waals surface area contributed by atoms with E-state index >= 15 is 0 Å². The summed E-state index contributed by atoms with van der Waals surface area (Å²) in [5, 5.41) is 4.60. The number of nitrogens with one attached hydrogen (secondary N) is 1. The van der Waals surface area contributed by atoms with Crippen molar-refractivity contribution in [1.29, 1.82) is 0 Å². The Hall–Kier alpha value is -1.13. The van der Waals surface area contributed by atoms with Gasteiger partial charge in [0.25, 0.3) is 0 Å². The van der Waals surface area contributed by atoms with E-state index in [0.717, 1.165) is 30.0 Å². The van der Waals surface area contributed by atoms with Crippen LogP contribution in [0.4, 0.5) is 0 Å². The summed E-state index contributed by atoms with van der Waals surface area (Å²) in [6.45, 7) is 9.63. The van der Waals surface area contributed by atoms with Crippen molar-refractivity contribution in [3.63, 3.8) is 0 Å². The van der Waals surface area contributed by atoms with E-state index in [2.05, 4.69) is 33.0 Å². The van der Waals surface area contributed by atoms with Crippen molar-refractivity contribution in [3.8, 4) is 10.6 Å². The van der Waals surface area contributed by atoms with Gasteiger partial charge >= 0.3 is 0 Å². The van der Waals surface area contributed by atoms with Crippen molar-refractivity contribution in [1.82, 2.24) is 10.3 Å². The summed E-state index contributed by atoms with van der Waals surface area (Å²) in [6, 6.07) is 1.97. The lowest BCUT2D eigenvalue weighted by Crippen LogP contribution is -2.35. The summed E-state index contributed by atoms with van der Waals surface area (Å²) in [4.78, 5) is 6.10. The van der Waals surface area contributed by atoms with Gasteiger partial charge < -0.3 is 9.73 Å². The van der Waals surface area contributed by atoms with Crippen LogP contribution in [0.3, 0.4) is 0 Å². The van der Waals surface area contributed by atoms with Crippen molar-refractivity contribution < 1.29 is 4.42 Å². The van der Waals surface area contributed by atoms with Crippen molar-refractivity contribution >= 4 is 11.3 Å². The highest BCUT2D eigenvalue weighted by atomic mass is 32.1. The molecule has 0 saturated heterocycles. The Bertz CT molecular complexity index is 509. The van der Waals surface area contributed by atoms with Gasteiger partial charge in [0, 0.05) is 22.5 Å². The number of hydrogen-bond donors (Lipinski definition) is 1. The fraction of sp³-hybridized carbons (Fsp3) is 0.533. The van der Waals surface area contributed by atoms with Crippen LogP contribution in [0.1, 0.15) is 44.7 Å². The van der Waals surface area contributed by atoms with Crippen LogP contribution in [0.15, 0.2) is 23.0 Å². The molecule has 104 valence electrons. The van der Waals surface area contributed by atoms with Crippen LogP contribution in [0.25, 0.3) is 10.6 Å². The average Bonchev–Trinajstić information content (AvgIpc) is 2.94. The zero-order valence-electron chi connectivity index (χ0n) is 12.1. The summed E-state index contributed by atoms with van der Waals surface area (Å²) < 4.78 is 5.14. The highest BCUT2D eigenvalue weighted by Crippen LogP contribution is 2.29. The largest absolute Gasteiger partial charge is 0.472 e. The van der Waals surface area contributed by atoms with Crippen LogP contribution < -0.4 is 5.32 Å². The second kappa shape index (κ2) is 5.88. The molecule has 0 saturated carbocycles. The second-order valence-electron chi connectivity index (χ2n) is 5.75. The Morgan fingerprint density at radius 1 is 1.37 bits per heavy atom. The molecule has 0 aliphatic rings. The maximum Gasteiger partial charge on any atom is 0.127 e. The maximum atomic E-state index is 5.14. The van der Waals surface area contributed by atoms with Crippen LogP contribution in [0, 0.1) is 0 Å². The number of thiazole rings is 1. The first kappa shape index (κ1) is 14.3. The van der Waals surface area contributed by atoms with E-state index in [1.165, 1.54) is 10.6 Å². The van der Waals surface area contributed by atoms with Crippen LogP contribution in [0.5, 0.6) is 0 Å². The quantitative estimate of drug-likeness (QED) is 0.888. The number of nitrogens with zero attached hydrogens (tertiary/aromatic N) is 1. The summed E-state index contributed by atoms with van der Waals surface area (Å²) in [5.74, 6) is 0. The van der Waals surface area contributed by atoms with E-state index in [9.17, 15) is 0 Å². The Labute approximate surface area is 119 Å². The molecule has 0 amide bonds. The van der Waals surface area contributed by atoms with Gasteiger partial charge in [-0.25, -0.2) is 4.98 Å². The molecule has 0 spiro atoms. The fourth-order valence-electron chi connectivity index (χ4n) is 1.81. The highest BCUT2D eigenvalue weighted by Gasteiger charge is 2.15. The van der Waals surface area contributed by atoms with Gasteiger partial charge in [0.15, 0.2) is 0 Å². The van der Waals surface area contributed by atoms with E-state index < -0.39 is 0 Å². The Morgan fingerprint density at radius 2 is 2.16 bits per heavy atom. The third-order valence-corrected chi connectivity index (χ3v) is 3.96. The van der Waals surface area contributed by atoms with E-state index in [1.807, 2.05) is 6.07 Å². The molecule has 0 radical (unpaired) electrons. The summed E-state index contributed by atoms with van der Waals surface area (Å²) in [6.07, 6.45) is 5.62. The van der Waals surface area contributed by atoms with Crippen molar-refractivity contribution in [2.75, 3.05) is 0 Å². The summed E-state index contributed by atoms with van der Waals surface area (Å²) in [7, 11) is 0. The minimum atomic E-state index is 0.128. The maximum absolute atomic E-state index is 5.14. The monoisotopic (exact) mass is 278 g/mol. The lowest BCUT2D eigenvalue weighted by Gasteiger charge is -2.20. The van der Waals surface area contributed by atoms with Gasteiger partial charge in [0.05, 0.1) is 12.0 Å². The molecule has 0 bridgehead atoms. The first-order chi connectivity index (χ1) is 8.99. The lowest BCUT2D eigenvalue weighted by atomic mass is 10.1. The highest BCUT2D eigenvalue weighted by molar-refractivity contribution is 7.15. The van der Waals surface area contributed by atoms with E-state index in [4.69, 9.17) is 9.40 Å². The molecule has 0 fully saturated rings. The minimum Gasteiger partial charge on any atom is -0.472 e. The van der Waals surface area contributed by atoms with Gasteiger partial charge in [-0.15, -0.1) is 11.3 Å². The molecule has 2 aromatic heterocycles. The van der Waals surface area contributed by atoms with Crippen molar-refractivity contribution in [2.24, 2.45) is 0 Å². The van der Waals surface area contributed by atoms with Gasteiger partial charge in [0.1, 0.15) is 11.3 Å². The minimum absolute atomic E-state index is 0.128. The van der Waals surface area contributed by atoms with Crippen LogP contribution >= 0.6 is 11.3 Å². The van der Waals surface area contributed by atoms with Gasteiger partial charge in [-0.1, -0.05) is 13.3 Å². The van der Waals surface area contributed by atoms with E-state index in [-0.39, 0.29) is 5.54 Å². The Kier molecular flexibility index (Phi) is 4.42. The molecule has 2 rings (SSSR count). The number of aromatic nitrogens is 1. The Balaban J connectivity index is 2.21. The topological polar surface area (TPSA) is 38.1 Å². The average molecular weight is 278 g/mol. The summed E-state index contributed by atoms with van der Waals surface area (Å²) in [5.41, 5.74) is 2.42. The third kappa shape index (κ3) is 3.91. The molecule has 4 heteroatoms. The van der Waals surface area contributed by atoms with Crippen molar-refractivity contribution in [2.45, 2.75) is 52.6 Å². The molecular weight excluding hydrogens is 256 g/mol. The molecule has 0 aliphatic heterocycles. The number of rotatable bonds is 5. The SMILES string of the molecule is CCCc1nc(-c2ccoc2)sc1CNC(C)(C)C. The smallest absolute Gasteiger partial charge is 0.127 e. The second-order valence-corrected chi connectivity index (χ2v) is 6.84. The lowest BCUT2D eigenvalue weighted by molar-refractivity contribution is 0.425. The third-order valence-electron chi connectivity index (χ3n) is 2.81. The van der Waals surface area contributed by atoms with Gasteiger partial charge in [0.2, 0.25) is 0 Å². The van der Waals surface area contributed by atoms with Crippen LogP contribution in [0.2, 0.25) is 0 Å². The zero-order chi connectivity index (χ0) is 13.9. The van der Waals surface area contributed by atoms with Gasteiger partial charge in [-0.05, 0) is 33.3 Å². The zero-order valence-corrected chi connectivity index (χ0v) is 12.9. The molecule has 0 aromatic carbocycles. The molecule has 3 nitrogen and oxygen atoms in total. The van der Waals surface area contributed by atoms with Crippen molar-refractivity contribution in [3.05, 3.63) is 29.2 Å². The molecule has 2 heterocycles. The molecule has 1 N–H and O–H groups in total. The standard InChI is InChI=1S/C15H22N2OS/c1-5-6-12-13(9-16-15(2,3)4)19-14(17-12)11-7-8-18-10-11/h7-8,10,16H,5-6,9H2,1-4H3. The predicted molar refractivity (Wildman–Crippen MR) is 80.4 cm³/mol. The molecule has 2 aromatic rings. The normalized spacial score (nSPS) is 12.0. The van der Waals surface area contributed by atoms with Crippen LogP contribution in [-0.2, 0) is 13.0 Å². The number of aryl methyl sites for hydroxylation is 1. The van der Waals surface area contributed by atoms with Gasteiger partial charge in [-0.2, -0.15) is 0 Å². The van der Waals surface area contributed by atoms with E-state index in [0.29, 0.717) is 0 Å². The molecule has 0 atom stereocenters. The first-order valence-corrected chi connectivity index (χ1v) is 7.57. The fourth-order valence-corrected chi connectivity index (χ4v) is 2.84. The molecule has 19 heavy (non-hydrogen) atoms. The molecular formula is C15H22N2OS. The number of hydrogen-bond acceptors (Lipinski definition) is 4. The first-order valence-electron chi connectivity index (χ1n) is 6.76. The number of furan rings is 1. The van der Waals surface area contributed by atoms with E-state index in [1.54, 1.807) is 23.9 Å².